The number of amides is 2. The van der Waals surface area contributed by atoms with Crippen molar-refractivity contribution in [3.05, 3.63) is 51.9 Å². The number of carbonyl (C=O) groups excluding carboxylic acids is 2. The number of ether oxygens (including phenoxy) is 1. The fourth-order valence-electron chi connectivity index (χ4n) is 4.75. The highest BCUT2D eigenvalue weighted by Gasteiger charge is 2.24. The van der Waals surface area contributed by atoms with E-state index < -0.39 is 17.9 Å². The number of aliphatic hydroxyl groups excluding tert-OH is 1. The standard InChI is InChI=1S/C27H36N6O4S/c1-2-3-18-12-21(32-27-22(18)23(28)24(38-27)26(30)36)33-10-8-19(9-11-33)31-13-20(34)15-37-14-16-4-6-17(7-5-16)25(29)35/h4-7,12,19-20,31,34H,2-3,8-11,13-15,28H2,1H3,(H2,29,35)(H2,30,36). The largest absolute Gasteiger partial charge is 0.397 e. The third-order valence-corrected chi connectivity index (χ3v) is 7.90. The summed E-state index contributed by atoms with van der Waals surface area (Å²) in [7, 11) is 0. The fourth-order valence-corrected chi connectivity index (χ4v) is 5.74. The number of nitrogens with zero attached hydrogens (tertiary/aromatic N) is 2. The lowest BCUT2D eigenvalue weighted by Gasteiger charge is -2.34. The Morgan fingerprint density at radius 3 is 2.55 bits per heavy atom. The summed E-state index contributed by atoms with van der Waals surface area (Å²) in [4.78, 5) is 31.2. The highest BCUT2D eigenvalue weighted by Crippen LogP contribution is 2.37. The van der Waals surface area contributed by atoms with Crippen molar-refractivity contribution in [2.24, 2.45) is 11.5 Å². The zero-order chi connectivity index (χ0) is 27.2. The average molecular weight is 541 g/mol. The van der Waals surface area contributed by atoms with Crippen LogP contribution in [0.15, 0.2) is 30.3 Å². The predicted octanol–water partition coefficient (Wildman–Crippen LogP) is 2.16. The van der Waals surface area contributed by atoms with Crippen LogP contribution in [0.5, 0.6) is 0 Å². The number of hydrogen-bond donors (Lipinski definition) is 5. The van der Waals surface area contributed by atoms with Crippen molar-refractivity contribution in [3.8, 4) is 0 Å². The third-order valence-electron chi connectivity index (χ3n) is 6.79. The molecule has 1 aromatic carbocycles. The summed E-state index contributed by atoms with van der Waals surface area (Å²) < 4.78 is 5.63. The minimum atomic E-state index is -0.623. The first-order chi connectivity index (χ1) is 18.3. The molecule has 1 aliphatic heterocycles. The molecule has 10 nitrogen and oxygen atoms in total. The molecule has 1 saturated heterocycles. The van der Waals surface area contributed by atoms with Crippen LogP contribution in [0.2, 0.25) is 0 Å². The summed E-state index contributed by atoms with van der Waals surface area (Å²) in [6, 6.07) is 9.30. The van der Waals surface area contributed by atoms with Crippen molar-refractivity contribution in [2.45, 2.75) is 51.4 Å². The van der Waals surface area contributed by atoms with Gasteiger partial charge in [-0.15, -0.1) is 11.3 Å². The van der Waals surface area contributed by atoms with Gasteiger partial charge in [0.2, 0.25) is 5.91 Å². The van der Waals surface area contributed by atoms with Crippen molar-refractivity contribution in [2.75, 3.05) is 36.9 Å². The van der Waals surface area contributed by atoms with Crippen molar-refractivity contribution in [3.63, 3.8) is 0 Å². The summed E-state index contributed by atoms with van der Waals surface area (Å²) >= 11 is 1.26. The van der Waals surface area contributed by atoms with Gasteiger partial charge in [-0.2, -0.15) is 0 Å². The lowest BCUT2D eigenvalue weighted by Crippen LogP contribution is -2.45. The number of thiophene rings is 1. The van der Waals surface area contributed by atoms with Crippen molar-refractivity contribution < 1.29 is 19.4 Å². The second kappa shape index (κ2) is 12.5. The average Bonchev–Trinajstić information content (AvgIpc) is 3.25. The molecule has 1 unspecified atom stereocenters. The molecule has 3 aromatic rings. The Hall–Kier alpha value is -3.25. The number of nitrogen functional groups attached to an aromatic ring is 1. The first kappa shape index (κ1) is 27.8. The molecule has 8 N–H and O–H groups in total. The van der Waals surface area contributed by atoms with E-state index in [1.54, 1.807) is 24.3 Å². The number of piperidine rings is 1. The van der Waals surface area contributed by atoms with E-state index in [2.05, 4.69) is 23.2 Å². The molecular formula is C27H36N6O4S. The summed E-state index contributed by atoms with van der Waals surface area (Å²) in [5.74, 6) is -0.0864. The number of aryl methyl sites for hydroxylation is 1. The Morgan fingerprint density at radius 2 is 1.92 bits per heavy atom. The zero-order valence-electron chi connectivity index (χ0n) is 21.6. The lowest BCUT2D eigenvalue weighted by atomic mass is 10.0. The van der Waals surface area contributed by atoms with E-state index in [1.165, 1.54) is 11.3 Å². The van der Waals surface area contributed by atoms with Crippen LogP contribution in [-0.2, 0) is 17.8 Å². The van der Waals surface area contributed by atoms with E-state index in [0.29, 0.717) is 35.3 Å². The van der Waals surface area contributed by atoms with Gasteiger partial charge in [0.25, 0.3) is 5.91 Å². The van der Waals surface area contributed by atoms with Crippen LogP contribution >= 0.6 is 11.3 Å². The van der Waals surface area contributed by atoms with Crippen molar-refractivity contribution in [1.82, 2.24) is 10.3 Å². The Kier molecular flexibility index (Phi) is 9.16. The molecule has 2 amide bonds. The molecule has 1 fully saturated rings. The minimum Gasteiger partial charge on any atom is -0.397 e. The molecule has 1 atom stereocenters. The molecule has 11 heteroatoms. The molecule has 204 valence electrons. The number of anilines is 2. The number of benzene rings is 1. The number of primary amides is 2. The number of aromatic nitrogens is 1. The van der Waals surface area contributed by atoms with Crippen LogP contribution in [0.4, 0.5) is 11.5 Å². The topological polar surface area (TPSA) is 170 Å². The Morgan fingerprint density at radius 1 is 1.21 bits per heavy atom. The van der Waals surface area contributed by atoms with Gasteiger partial charge in [0.05, 0.1) is 25.0 Å². The van der Waals surface area contributed by atoms with E-state index >= 15 is 0 Å². The summed E-state index contributed by atoms with van der Waals surface area (Å²) in [6.07, 6.45) is 3.02. The van der Waals surface area contributed by atoms with Crippen molar-refractivity contribution in [1.29, 1.82) is 0 Å². The number of nitrogens with one attached hydrogen (secondary N) is 1. The monoisotopic (exact) mass is 540 g/mol. The molecule has 1 aliphatic rings. The zero-order valence-corrected chi connectivity index (χ0v) is 22.4. The molecule has 0 bridgehead atoms. The van der Waals surface area contributed by atoms with Gasteiger partial charge in [-0.3, -0.25) is 9.59 Å². The summed E-state index contributed by atoms with van der Waals surface area (Å²) in [5.41, 5.74) is 19.9. The summed E-state index contributed by atoms with van der Waals surface area (Å²) in [5, 5.41) is 14.6. The van der Waals surface area contributed by atoms with Gasteiger partial charge in [0, 0.05) is 36.6 Å². The Labute approximate surface area is 226 Å². The molecular weight excluding hydrogens is 504 g/mol. The molecule has 4 rings (SSSR count). The number of fused-ring (bicyclic) bond motifs is 1. The SMILES string of the molecule is CCCc1cc(N2CCC(NCC(O)COCc3ccc(C(N)=O)cc3)CC2)nc2sc(C(N)=O)c(N)c12. The van der Waals surface area contributed by atoms with Gasteiger partial charge in [0.1, 0.15) is 15.5 Å². The van der Waals surface area contributed by atoms with Crippen LogP contribution in [0.25, 0.3) is 10.2 Å². The number of carbonyl (C=O) groups is 2. The second-order valence-corrected chi connectivity index (χ2v) is 10.7. The third kappa shape index (κ3) is 6.60. The quantitative estimate of drug-likeness (QED) is 0.233. The van der Waals surface area contributed by atoms with Crippen LogP contribution < -0.4 is 27.4 Å². The molecule has 0 spiro atoms. The number of hydrogen-bond acceptors (Lipinski definition) is 9. The predicted molar refractivity (Wildman–Crippen MR) is 150 cm³/mol. The van der Waals surface area contributed by atoms with Crippen LogP contribution in [0.3, 0.4) is 0 Å². The molecule has 3 heterocycles. The smallest absolute Gasteiger partial charge is 0.260 e. The van der Waals surface area contributed by atoms with E-state index in [1.807, 2.05) is 0 Å². The lowest BCUT2D eigenvalue weighted by molar-refractivity contribution is 0.0272. The fraction of sp³-hybridized carbons (Fsp3) is 0.444. The number of pyridine rings is 1. The Balaban J connectivity index is 1.26. The van der Waals surface area contributed by atoms with E-state index in [0.717, 1.165) is 65.9 Å². The normalized spacial score (nSPS) is 15.2. The van der Waals surface area contributed by atoms with Crippen LogP contribution in [0.1, 0.15) is 57.3 Å². The first-order valence-electron chi connectivity index (χ1n) is 12.9. The highest BCUT2D eigenvalue weighted by molar-refractivity contribution is 7.21. The van der Waals surface area contributed by atoms with Gasteiger partial charge >= 0.3 is 0 Å². The number of aliphatic hydroxyl groups is 1. The summed E-state index contributed by atoms with van der Waals surface area (Å²) in [6.45, 7) is 4.79. The number of nitrogens with two attached hydrogens (primary N) is 3. The highest BCUT2D eigenvalue weighted by atomic mass is 32.1. The molecule has 38 heavy (non-hydrogen) atoms. The molecule has 0 radical (unpaired) electrons. The van der Waals surface area contributed by atoms with Gasteiger partial charge < -0.3 is 37.3 Å². The number of rotatable bonds is 12. The van der Waals surface area contributed by atoms with Gasteiger partial charge in [-0.05, 0) is 48.6 Å². The van der Waals surface area contributed by atoms with Gasteiger partial charge in [-0.25, -0.2) is 4.98 Å². The Bertz CT molecular complexity index is 1270. The van der Waals surface area contributed by atoms with Gasteiger partial charge in [-0.1, -0.05) is 25.5 Å². The maximum absolute atomic E-state index is 11.8. The van der Waals surface area contributed by atoms with Crippen LogP contribution in [-0.4, -0.2) is 60.3 Å². The van der Waals surface area contributed by atoms with Gasteiger partial charge in [0.15, 0.2) is 0 Å². The maximum atomic E-state index is 11.8. The second-order valence-electron chi connectivity index (χ2n) is 9.68. The van der Waals surface area contributed by atoms with E-state index in [4.69, 9.17) is 26.9 Å². The first-order valence-corrected chi connectivity index (χ1v) is 13.7. The molecule has 2 aromatic heterocycles. The molecule has 0 saturated carbocycles. The van der Waals surface area contributed by atoms with Crippen molar-refractivity contribution >= 4 is 44.9 Å². The minimum absolute atomic E-state index is 0.213. The maximum Gasteiger partial charge on any atom is 0.260 e. The van der Waals surface area contributed by atoms with E-state index in [9.17, 15) is 14.7 Å². The van der Waals surface area contributed by atoms with Crippen LogP contribution in [0, 0.1) is 0 Å². The van der Waals surface area contributed by atoms with E-state index in [-0.39, 0.29) is 6.61 Å². The molecule has 0 aliphatic carbocycles.